The molecule has 0 fully saturated rings. The zero-order valence-corrected chi connectivity index (χ0v) is 16.1. The van der Waals surface area contributed by atoms with E-state index in [1.807, 2.05) is 79.9 Å². The van der Waals surface area contributed by atoms with Gasteiger partial charge in [-0.05, 0) is 69.9 Å². The van der Waals surface area contributed by atoms with Gasteiger partial charge in [-0.2, -0.15) is 0 Å². The molecule has 2 nitrogen and oxygen atoms in total. The Hall–Kier alpha value is -2.10. The van der Waals surface area contributed by atoms with Gasteiger partial charge in [-0.15, -0.1) is 0 Å². The number of hydrogen-bond acceptors (Lipinski definition) is 2. The lowest BCUT2D eigenvalue weighted by atomic mass is 10.2. The summed E-state index contributed by atoms with van der Waals surface area (Å²) in [4.78, 5) is 4.53. The molecular weight excluding hydrogens is 398 g/mol. The van der Waals surface area contributed by atoms with Crippen LogP contribution in [0.1, 0.15) is 16.7 Å². The zero-order valence-electron chi connectivity index (χ0n) is 13.7. The number of halogens is 2. The maximum Gasteiger partial charge on any atom is 0.134 e. The molecule has 0 saturated heterocycles. The number of benzene rings is 3. The van der Waals surface area contributed by atoms with Crippen molar-refractivity contribution in [2.24, 2.45) is 4.99 Å². The van der Waals surface area contributed by atoms with Crippen molar-refractivity contribution in [3.05, 3.63) is 92.9 Å². The first kappa shape index (κ1) is 17.7. The maximum atomic E-state index is 6.13. The second-order valence-corrected chi connectivity index (χ2v) is 6.87. The van der Waals surface area contributed by atoms with Crippen molar-refractivity contribution in [1.82, 2.24) is 0 Å². The van der Waals surface area contributed by atoms with Crippen LogP contribution in [0.4, 0.5) is 5.69 Å². The zero-order chi connectivity index (χ0) is 17.6. The maximum absolute atomic E-state index is 6.13. The van der Waals surface area contributed by atoms with Gasteiger partial charge in [0.25, 0.3) is 0 Å². The molecule has 0 spiro atoms. The molecule has 3 aromatic rings. The van der Waals surface area contributed by atoms with Crippen LogP contribution in [0.15, 0.2) is 76.2 Å². The third-order valence-corrected chi connectivity index (χ3v) is 4.81. The highest BCUT2D eigenvalue weighted by molar-refractivity contribution is 9.10. The molecule has 3 aromatic carbocycles. The lowest BCUT2D eigenvalue weighted by molar-refractivity contribution is 0.304. The van der Waals surface area contributed by atoms with Gasteiger partial charge in [0.05, 0.1) is 10.2 Å². The van der Waals surface area contributed by atoms with Gasteiger partial charge in [-0.25, -0.2) is 0 Å². The second kappa shape index (κ2) is 8.32. The van der Waals surface area contributed by atoms with Gasteiger partial charge in [0.2, 0.25) is 0 Å². The minimum absolute atomic E-state index is 0.536. The molecule has 0 aliphatic carbocycles. The standard InChI is InChI=1S/C21H17BrClNO/c1-15-19(23)8-5-9-20(15)24-13-17-10-11-21(18(22)12-17)25-14-16-6-3-2-4-7-16/h2-13H,14H2,1H3. The molecule has 0 radical (unpaired) electrons. The van der Waals surface area contributed by atoms with Crippen LogP contribution in [-0.2, 0) is 6.61 Å². The summed E-state index contributed by atoms with van der Waals surface area (Å²) < 4.78 is 6.76. The third kappa shape index (κ3) is 4.71. The summed E-state index contributed by atoms with van der Waals surface area (Å²) in [5, 5.41) is 0.723. The van der Waals surface area contributed by atoms with E-state index in [2.05, 4.69) is 20.9 Å². The van der Waals surface area contributed by atoms with Crippen LogP contribution in [0.25, 0.3) is 0 Å². The van der Waals surface area contributed by atoms with Crippen LogP contribution >= 0.6 is 27.5 Å². The fourth-order valence-corrected chi connectivity index (χ4v) is 3.01. The van der Waals surface area contributed by atoms with Gasteiger partial charge < -0.3 is 4.74 Å². The Bertz CT molecular complexity index is 894. The summed E-state index contributed by atoms with van der Waals surface area (Å²) in [6, 6.07) is 21.7. The Morgan fingerprint density at radius 1 is 1.04 bits per heavy atom. The molecule has 4 heteroatoms. The first-order chi connectivity index (χ1) is 12.1. The molecular formula is C21H17BrClNO. The predicted octanol–water partition coefficient (Wildman–Crippen LogP) is 6.74. The topological polar surface area (TPSA) is 21.6 Å². The average Bonchev–Trinajstić information content (AvgIpc) is 2.63. The van der Waals surface area contributed by atoms with E-state index < -0.39 is 0 Å². The van der Waals surface area contributed by atoms with E-state index >= 15 is 0 Å². The normalized spacial score (nSPS) is 11.0. The SMILES string of the molecule is Cc1c(Cl)cccc1N=Cc1ccc(OCc2ccccc2)c(Br)c1. The van der Waals surface area contributed by atoms with Crippen molar-refractivity contribution >= 4 is 39.4 Å². The van der Waals surface area contributed by atoms with Crippen LogP contribution in [0, 0.1) is 6.92 Å². The number of rotatable bonds is 5. The van der Waals surface area contributed by atoms with Crippen molar-refractivity contribution in [1.29, 1.82) is 0 Å². The largest absolute Gasteiger partial charge is 0.488 e. The number of aliphatic imine (C=N–C) groups is 1. The highest BCUT2D eigenvalue weighted by Gasteiger charge is 2.03. The van der Waals surface area contributed by atoms with E-state index in [0.29, 0.717) is 6.61 Å². The Morgan fingerprint density at radius 3 is 2.60 bits per heavy atom. The van der Waals surface area contributed by atoms with E-state index in [-0.39, 0.29) is 0 Å². The average molecular weight is 415 g/mol. The van der Waals surface area contributed by atoms with E-state index in [4.69, 9.17) is 16.3 Å². The monoisotopic (exact) mass is 413 g/mol. The molecule has 0 aliphatic rings. The van der Waals surface area contributed by atoms with Gasteiger partial charge in [0.1, 0.15) is 12.4 Å². The Morgan fingerprint density at radius 2 is 1.84 bits per heavy atom. The molecule has 0 bridgehead atoms. The van der Waals surface area contributed by atoms with Gasteiger partial charge in [-0.3, -0.25) is 4.99 Å². The van der Waals surface area contributed by atoms with Crippen LogP contribution < -0.4 is 4.74 Å². The number of hydrogen-bond donors (Lipinski definition) is 0. The van der Waals surface area contributed by atoms with Gasteiger partial charge in [0, 0.05) is 11.2 Å². The molecule has 126 valence electrons. The Balaban J connectivity index is 1.71. The molecule has 3 rings (SSSR count). The van der Waals surface area contributed by atoms with E-state index in [9.17, 15) is 0 Å². The van der Waals surface area contributed by atoms with Gasteiger partial charge in [0.15, 0.2) is 0 Å². The molecule has 0 saturated carbocycles. The second-order valence-electron chi connectivity index (χ2n) is 5.61. The summed E-state index contributed by atoms with van der Waals surface area (Å²) in [6.07, 6.45) is 1.82. The van der Waals surface area contributed by atoms with E-state index in [0.717, 1.165) is 37.6 Å². The number of nitrogens with zero attached hydrogens (tertiary/aromatic N) is 1. The highest BCUT2D eigenvalue weighted by atomic mass is 79.9. The summed E-state index contributed by atoms with van der Waals surface area (Å²) in [7, 11) is 0. The van der Waals surface area contributed by atoms with Crippen molar-refractivity contribution in [3.8, 4) is 5.75 Å². The molecule has 0 amide bonds. The highest BCUT2D eigenvalue weighted by Crippen LogP contribution is 2.28. The smallest absolute Gasteiger partial charge is 0.134 e. The Kier molecular flexibility index (Phi) is 5.90. The third-order valence-electron chi connectivity index (χ3n) is 3.78. The first-order valence-corrected chi connectivity index (χ1v) is 9.06. The quantitative estimate of drug-likeness (QED) is 0.424. The Labute approximate surface area is 161 Å². The summed E-state index contributed by atoms with van der Waals surface area (Å²) in [5.74, 6) is 0.805. The fraction of sp³-hybridized carbons (Fsp3) is 0.0952. The fourth-order valence-electron chi connectivity index (χ4n) is 2.33. The van der Waals surface area contributed by atoms with Gasteiger partial charge >= 0.3 is 0 Å². The molecule has 0 aromatic heterocycles. The van der Waals surface area contributed by atoms with Crippen LogP contribution in [0.3, 0.4) is 0 Å². The summed E-state index contributed by atoms with van der Waals surface area (Å²) >= 11 is 9.69. The molecule has 0 unspecified atom stereocenters. The van der Waals surface area contributed by atoms with Gasteiger partial charge in [-0.1, -0.05) is 48.0 Å². The van der Waals surface area contributed by atoms with E-state index in [1.54, 1.807) is 0 Å². The minimum Gasteiger partial charge on any atom is -0.488 e. The molecule has 0 heterocycles. The van der Waals surface area contributed by atoms with Crippen LogP contribution in [-0.4, -0.2) is 6.21 Å². The summed E-state index contributed by atoms with van der Waals surface area (Å²) in [6.45, 7) is 2.50. The van der Waals surface area contributed by atoms with Crippen molar-refractivity contribution in [3.63, 3.8) is 0 Å². The van der Waals surface area contributed by atoms with Crippen molar-refractivity contribution in [2.75, 3.05) is 0 Å². The number of ether oxygens (including phenoxy) is 1. The van der Waals surface area contributed by atoms with Crippen molar-refractivity contribution < 1.29 is 4.74 Å². The lowest BCUT2D eigenvalue weighted by Crippen LogP contribution is -1.96. The molecule has 0 atom stereocenters. The predicted molar refractivity (Wildman–Crippen MR) is 108 cm³/mol. The molecule has 25 heavy (non-hydrogen) atoms. The molecule has 0 N–H and O–H groups in total. The lowest BCUT2D eigenvalue weighted by Gasteiger charge is -2.09. The van der Waals surface area contributed by atoms with Crippen LogP contribution in [0.5, 0.6) is 5.75 Å². The van der Waals surface area contributed by atoms with Crippen LogP contribution in [0.2, 0.25) is 5.02 Å². The van der Waals surface area contributed by atoms with E-state index in [1.165, 1.54) is 0 Å². The first-order valence-electron chi connectivity index (χ1n) is 7.89. The minimum atomic E-state index is 0.536. The summed E-state index contributed by atoms with van der Waals surface area (Å²) in [5.41, 5.74) is 3.96. The molecule has 0 aliphatic heterocycles. The van der Waals surface area contributed by atoms with Crippen molar-refractivity contribution in [2.45, 2.75) is 13.5 Å².